The molecule has 0 aliphatic heterocycles. The zero-order valence-corrected chi connectivity index (χ0v) is 42.1. The highest BCUT2D eigenvalue weighted by atomic mass is 16.5. The summed E-state index contributed by atoms with van der Waals surface area (Å²) in [4.78, 5) is 99.4. The van der Waals surface area contributed by atoms with Gasteiger partial charge in [0.15, 0.2) is 0 Å². The summed E-state index contributed by atoms with van der Waals surface area (Å²) in [5.41, 5.74) is 11.3. The van der Waals surface area contributed by atoms with E-state index >= 15 is 0 Å². The first kappa shape index (κ1) is 58.1. The molecule has 1 heterocycles. The van der Waals surface area contributed by atoms with E-state index in [4.69, 9.17) is 19.7 Å². The van der Waals surface area contributed by atoms with E-state index in [0.717, 1.165) is 18.4 Å². The number of azide groups is 1. The minimum absolute atomic E-state index is 0.0689. The van der Waals surface area contributed by atoms with Crippen LogP contribution in [0, 0.1) is 11.8 Å². The second kappa shape index (κ2) is 33.3. The molecule has 0 unspecified atom stereocenters. The van der Waals surface area contributed by atoms with Gasteiger partial charge in [0.2, 0.25) is 23.6 Å². The van der Waals surface area contributed by atoms with Gasteiger partial charge in [-0.15, -0.1) is 5.10 Å². The molecule has 20 heteroatoms. The van der Waals surface area contributed by atoms with Crippen LogP contribution in [0.5, 0.6) is 0 Å². The van der Waals surface area contributed by atoms with Crippen LogP contribution in [0.2, 0.25) is 0 Å². The Balaban J connectivity index is 1.49. The van der Waals surface area contributed by atoms with Crippen LogP contribution < -0.4 is 21.3 Å². The van der Waals surface area contributed by atoms with Crippen molar-refractivity contribution in [2.45, 2.75) is 129 Å². The molecule has 0 bridgehead atoms. The molecule has 4 N–H and O–H groups in total. The molecule has 73 heavy (non-hydrogen) atoms. The van der Waals surface area contributed by atoms with Crippen LogP contribution in [0.4, 0.5) is 0 Å². The van der Waals surface area contributed by atoms with Gasteiger partial charge in [0.1, 0.15) is 37.1 Å². The van der Waals surface area contributed by atoms with Crippen LogP contribution in [0.3, 0.4) is 0 Å². The Morgan fingerprint density at radius 3 is 1.82 bits per heavy atom. The van der Waals surface area contributed by atoms with Crippen LogP contribution in [0.1, 0.15) is 101 Å². The Kier molecular flexibility index (Phi) is 26.5. The molecular formula is C53H70N10O10. The number of nitrogens with zero attached hydrogens (tertiary/aromatic N) is 6. The molecule has 4 atom stereocenters. The fraction of sp³-hybridized carbons (Fsp3) is 0.491. The lowest BCUT2D eigenvalue weighted by Crippen LogP contribution is -2.58. The molecule has 0 aliphatic rings. The minimum Gasteiger partial charge on any atom is -0.461 e. The normalized spacial score (nSPS) is 12.5. The lowest BCUT2D eigenvalue weighted by molar-refractivity contribution is -0.149. The zero-order valence-electron chi connectivity index (χ0n) is 42.1. The Hall–Kier alpha value is -7.44. The molecule has 4 aromatic rings. The second-order valence-electron chi connectivity index (χ2n) is 18.0. The highest BCUT2D eigenvalue weighted by Crippen LogP contribution is 2.18. The van der Waals surface area contributed by atoms with Crippen LogP contribution in [-0.4, -0.2) is 101 Å². The van der Waals surface area contributed by atoms with E-state index in [2.05, 4.69) is 41.6 Å². The van der Waals surface area contributed by atoms with Crippen LogP contribution in [-0.2, 0) is 80.4 Å². The summed E-state index contributed by atoms with van der Waals surface area (Å²) in [6.45, 7) is 7.11. The van der Waals surface area contributed by atoms with E-state index in [1.165, 1.54) is 0 Å². The number of amides is 4. The van der Waals surface area contributed by atoms with Crippen molar-refractivity contribution in [3.63, 3.8) is 0 Å². The summed E-state index contributed by atoms with van der Waals surface area (Å²) in [5, 5.41) is 22.5. The maximum absolute atomic E-state index is 14.4. The molecule has 0 spiro atoms. The second-order valence-corrected chi connectivity index (χ2v) is 18.0. The Labute approximate surface area is 426 Å². The van der Waals surface area contributed by atoms with Crippen molar-refractivity contribution in [2.24, 2.45) is 17.0 Å². The largest absolute Gasteiger partial charge is 0.461 e. The number of hydrogen-bond acceptors (Lipinski definition) is 13. The average Bonchev–Trinajstić information content (AvgIpc) is 3.84. The number of aromatic nitrogens is 3. The van der Waals surface area contributed by atoms with Gasteiger partial charge in [-0.05, 0) is 60.2 Å². The zero-order chi connectivity index (χ0) is 52.6. The maximum Gasteiger partial charge on any atom is 0.308 e. The number of hydrogen-bond donors (Lipinski definition) is 4. The lowest BCUT2D eigenvalue weighted by Gasteiger charge is -2.27. The maximum atomic E-state index is 14.4. The molecule has 0 saturated heterocycles. The van der Waals surface area contributed by atoms with Gasteiger partial charge in [-0.3, -0.25) is 33.6 Å². The number of carbonyl (C=O) groups excluding carboxylic acids is 7. The molecule has 0 fully saturated rings. The van der Waals surface area contributed by atoms with Crippen molar-refractivity contribution in [3.8, 4) is 0 Å². The van der Waals surface area contributed by atoms with Gasteiger partial charge in [-0.2, -0.15) is 0 Å². The summed E-state index contributed by atoms with van der Waals surface area (Å²) >= 11 is 0. The number of aryl methyl sites for hydroxylation is 1. The van der Waals surface area contributed by atoms with Crippen molar-refractivity contribution >= 4 is 41.4 Å². The molecular weight excluding hydrogens is 937 g/mol. The van der Waals surface area contributed by atoms with E-state index in [-0.39, 0.29) is 70.3 Å². The Morgan fingerprint density at radius 1 is 0.685 bits per heavy atom. The summed E-state index contributed by atoms with van der Waals surface area (Å²) in [7, 11) is 0. The standard InChI is InChI=1S/C53H70N10O10/c1-4-5-15-25-55-51(68)46(33-48(65)72-36-40-19-11-7-12-20-40)58-53(70)47(34-49(66)73-37-41-21-13-8-14-22-41)59-52(69)45(30-38(2)3)57-50(67)42(31-39-17-9-6-10-18-39)32-44(64)24-16-23-43-35-63(62-60-43)27-29-71-28-26-56-61-54/h6-14,17-22,35,38,42,45-47H,4-5,15-16,23-34,36-37H2,1-3H3,(H,55,68)(H,57,67)(H,58,70)(H,59,69)/t42-,45-,46-,47+/m0/s1. The molecule has 0 aliphatic carbocycles. The number of unbranched alkanes of at least 4 members (excludes halogenated alkanes) is 2. The van der Waals surface area contributed by atoms with E-state index in [1.807, 2.05) is 57.2 Å². The van der Waals surface area contributed by atoms with Gasteiger partial charge in [-0.1, -0.05) is 135 Å². The van der Waals surface area contributed by atoms with E-state index in [0.29, 0.717) is 49.2 Å². The highest BCUT2D eigenvalue weighted by molar-refractivity contribution is 5.97. The SMILES string of the molecule is CCCCCNC(=O)[C@H](CC(=O)OCc1ccccc1)NC(=O)[C@@H](CC(=O)OCc1ccccc1)NC(=O)[C@H](CC(C)C)NC(=O)[C@H](CC(=O)CCCc1cn(CCOCCN=[N+]=[N-])nn1)Cc1ccccc1. The predicted molar refractivity (Wildman–Crippen MR) is 271 cm³/mol. The van der Waals surface area contributed by atoms with Crippen molar-refractivity contribution in [1.29, 1.82) is 0 Å². The van der Waals surface area contributed by atoms with Gasteiger partial charge in [0.25, 0.3) is 0 Å². The fourth-order valence-electron chi connectivity index (χ4n) is 7.57. The van der Waals surface area contributed by atoms with E-state index in [1.54, 1.807) is 65.5 Å². The number of rotatable bonds is 35. The highest BCUT2D eigenvalue weighted by Gasteiger charge is 2.34. The van der Waals surface area contributed by atoms with Crippen LogP contribution in [0.15, 0.2) is 102 Å². The molecule has 3 aromatic carbocycles. The lowest BCUT2D eigenvalue weighted by atomic mass is 9.91. The Morgan fingerprint density at radius 2 is 1.25 bits per heavy atom. The fourth-order valence-corrected chi connectivity index (χ4v) is 7.57. The summed E-state index contributed by atoms with van der Waals surface area (Å²) in [6, 6.07) is 22.7. The first-order valence-electron chi connectivity index (χ1n) is 24.9. The number of Topliss-reactive ketones (excluding diaryl/α,β-unsaturated/α-hetero) is 1. The van der Waals surface area contributed by atoms with Crippen molar-refractivity contribution in [2.75, 3.05) is 26.3 Å². The van der Waals surface area contributed by atoms with Crippen LogP contribution in [0.25, 0.3) is 10.4 Å². The van der Waals surface area contributed by atoms with Gasteiger partial charge in [-0.25, -0.2) is 4.68 Å². The number of ether oxygens (including phenoxy) is 3. The summed E-state index contributed by atoms with van der Waals surface area (Å²) in [5.74, 6) is -5.76. The molecule has 20 nitrogen and oxygen atoms in total. The monoisotopic (exact) mass is 1010 g/mol. The molecule has 0 radical (unpaired) electrons. The van der Waals surface area contributed by atoms with Gasteiger partial charge >= 0.3 is 11.9 Å². The number of benzene rings is 3. The molecule has 392 valence electrons. The Bertz CT molecular complexity index is 2380. The first-order valence-corrected chi connectivity index (χ1v) is 24.9. The quantitative estimate of drug-likeness (QED) is 0.0140. The minimum atomic E-state index is -1.62. The summed E-state index contributed by atoms with van der Waals surface area (Å²) < 4.78 is 18.0. The van der Waals surface area contributed by atoms with Gasteiger partial charge in [0.05, 0.1) is 38.3 Å². The molecule has 4 rings (SSSR count). The van der Waals surface area contributed by atoms with Gasteiger partial charge in [0, 0.05) is 43.0 Å². The van der Waals surface area contributed by atoms with Crippen molar-refractivity contribution < 1.29 is 47.8 Å². The third kappa shape index (κ3) is 23.6. The third-order valence-corrected chi connectivity index (χ3v) is 11.4. The van der Waals surface area contributed by atoms with Crippen molar-refractivity contribution in [1.82, 2.24) is 36.3 Å². The van der Waals surface area contributed by atoms with Crippen LogP contribution >= 0.6 is 0 Å². The van der Waals surface area contributed by atoms with E-state index < -0.39 is 72.5 Å². The number of esters is 2. The number of nitrogens with one attached hydrogen (secondary N) is 4. The predicted octanol–water partition coefficient (Wildman–Crippen LogP) is 5.82. The van der Waals surface area contributed by atoms with E-state index in [9.17, 15) is 33.6 Å². The molecule has 0 saturated carbocycles. The molecule has 1 aromatic heterocycles. The average molecular weight is 1010 g/mol. The molecule has 4 amide bonds. The number of carbonyl (C=O) groups is 7. The smallest absolute Gasteiger partial charge is 0.308 e. The third-order valence-electron chi connectivity index (χ3n) is 11.4. The topological polar surface area (TPSA) is 275 Å². The van der Waals surface area contributed by atoms with Gasteiger partial charge < -0.3 is 35.5 Å². The van der Waals surface area contributed by atoms with Crippen molar-refractivity contribution in [3.05, 3.63) is 130 Å². The first-order chi connectivity index (χ1) is 35.3. The summed E-state index contributed by atoms with van der Waals surface area (Å²) in [6.07, 6.45) is 4.21. The number of ketones is 1.